The van der Waals surface area contributed by atoms with E-state index in [0.29, 0.717) is 17.0 Å². The number of benzene rings is 2. The van der Waals surface area contributed by atoms with E-state index < -0.39 is 5.91 Å². The van der Waals surface area contributed by atoms with E-state index in [-0.39, 0.29) is 16.8 Å². The zero-order valence-corrected chi connectivity index (χ0v) is 14.4. The van der Waals surface area contributed by atoms with Gasteiger partial charge < -0.3 is 9.73 Å². The number of carbonyl (C=O) groups is 1. The number of hydrogen-bond acceptors (Lipinski definition) is 3. The Labute approximate surface area is 146 Å². The molecule has 0 aliphatic heterocycles. The van der Waals surface area contributed by atoms with E-state index in [2.05, 4.69) is 5.32 Å². The highest BCUT2D eigenvalue weighted by Gasteiger charge is 2.21. The molecule has 3 aromatic rings. The molecule has 0 saturated heterocycles. The summed E-state index contributed by atoms with van der Waals surface area (Å²) in [7, 11) is 0. The van der Waals surface area contributed by atoms with E-state index in [9.17, 15) is 9.59 Å². The van der Waals surface area contributed by atoms with Crippen molar-refractivity contribution in [3.8, 4) is 11.3 Å². The van der Waals surface area contributed by atoms with Crippen LogP contribution in [0.4, 0.5) is 5.69 Å². The molecule has 0 spiro atoms. The molecule has 0 radical (unpaired) electrons. The van der Waals surface area contributed by atoms with Gasteiger partial charge in [-0.1, -0.05) is 42.5 Å². The van der Waals surface area contributed by atoms with Crippen LogP contribution in [0.2, 0.25) is 0 Å². The average Bonchev–Trinajstić information content (AvgIpc) is 2.59. The van der Waals surface area contributed by atoms with Crippen molar-refractivity contribution in [3.63, 3.8) is 0 Å². The molecule has 4 nitrogen and oxygen atoms in total. The van der Waals surface area contributed by atoms with Crippen molar-refractivity contribution < 1.29 is 9.21 Å². The average molecular weight is 333 g/mol. The third-order valence-corrected chi connectivity index (χ3v) is 4.19. The van der Waals surface area contributed by atoms with Crippen molar-refractivity contribution >= 4 is 11.6 Å². The Balaban J connectivity index is 2.09. The SMILES string of the molecule is Cc1cc(=O)c(C(=O)Nc2cccc(C)c2C)c(-c2ccccc2)o1. The van der Waals surface area contributed by atoms with Crippen molar-refractivity contribution in [3.05, 3.63) is 87.3 Å². The molecule has 0 aliphatic carbocycles. The maximum Gasteiger partial charge on any atom is 0.263 e. The quantitative estimate of drug-likeness (QED) is 0.768. The Morgan fingerprint density at radius 3 is 2.40 bits per heavy atom. The predicted octanol–water partition coefficient (Wildman–Crippen LogP) is 4.48. The number of anilines is 1. The van der Waals surface area contributed by atoms with Gasteiger partial charge >= 0.3 is 0 Å². The summed E-state index contributed by atoms with van der Waals surface area (Å²) in [5.41, 5.74) is 3.06. The molecule has 1 heterocycles. The highest BCUT2D eigenvalue weighted by Crippen LogP contribution is 2.24. The molecule has 25 heavy (non-hydrogen) atoms. The summed E-state index contributed by atoms with van der Waals surface area (Å²) in [5.74, 6) is 0.279. The van der Waals surface area contributed by atoms with E-state index in [1.165, 1.54) is 6.07 Å². The van der Waals surface area contributed by atoms with Gasteiger partial charge in [0.1, 0.15) is 11.3 Å². The topological polar surface area (TPSA) is 59.3 Å². The molecule has 0 unspecified atom stereocenters. The lowest BCUT2D eigenvalue weighted by Gasteiger charge is -2.12. The van der Waals surface area contributed by atoms with E-state index in [4.69, 9.17) is 4.42 Å². The second-order valence-electron chi connectivity index (χ2n) is 5.99. The molecule has 2 aromatic carbocycles. The molecule has 1 aromatic heterocycles. The van der Waals surface area contributed by atoms with E-state index in [0.717, 1.165) is 11.1 Å². The molecule has 126 valence electrons. The largest absolute Gasteiger partial charge is 0.460 e. The predicted molar refractivity (Wildman–Crippen MR) is 99.0 cm³/mol. The van der Waals surface area contributed by atoms with E-state index >= 15 is 0 Å². The van der Waals surface area contributed by atoms with E-state index in [1.54, 1.807) is 6.92 Å². The van der Waals surface area contributed by atoms with Crippen molar-refractivity contribution in [1.29, 1.82) is 0 Å². The highest BCUT2D eigenvalue weighted by molar-refractivity contribution is 6.08. The van der Waals surface area contributed by atoms with Crippen LogP contribution in [0.1, 0.15) is 27.2 Å². The number of aryl methyl sites for hydroxylation is 2. The number of hydrogen-bond donors (Lipinski definition) is 1. The molecule has 1 amide bonds. The van der Waals surface area contributed by atoms with Crippen LogP contribution in [0, 0.1) is 20.8 Å². The molecule has 0 aliphatic rings. The van der Waals surface area contributed by atoms with Gasteiger partial charge in [-0.3, -0.25) is 9.59 Å². The molecule has 0 fully saturated rings. The summed E-state index contributed by atoms with van der Waals surface area (Å²) in [5, 5.41) is 2.84. The number of carbonyl (C=O) groups excluding carboxylic acids is 1. The van der Waals surface area contributed by atoms with Gasteiger partial charge in [0, 0.05) is 17.3 Å². The molecule has 0 bridgehead atoms. The number of amides is 1. The van der Waals surface area contributed by atoms with Crippen molar-refractivity contribution in [2.24, 2.45) is 0 Å². The van der Waals surface area contributed by atoms with Crippen LogP contribution >= 0.6 is 0 Å². The van der Waals surface area contributed by atoms with Crippen LogP contribution in [-0.4, -0.2) is 5.91 Å². The maximum atomic E-state index is 12.8. The zero-order valence-electron chi connectivity index (χ0n) is 14.4. The van der Waals surface area contributed by atoms with Crippen LogP contribution in [0.15, 0.2) is 63.8 Å². The van der Waals surface area contributed by atoms with Gasteiger partial charge in [-0.05, 0) is 38.0 Å². The zero-order chi connectivity index (χ0) is 18.0. The summed E-state index contributed by atoms with van der Waals surface area (Å²) >= 11 is 0. The minimum Gasteiger partial charge on any atom is -0.460 e. The first-order valence-electron chi connectivity index (χ1n) is 8.05. The smallest absolute Gasteiger partial charge is 0.263 e. The standard InChI is InChI=1S/C21H19NO3/c1-13-8-7-11-17(15(13)3)22-21(24)19-18(23)12-14(2)25-20(19)16-9-5-4-6-10-16/h4-12H,1-3H3,(H,22,24). The van der Waals surface area contributed by atoms with E-state index in [1.807, 2.05) is 62.4 Å². The molecule has 0 atom stereocenters. The molecular formula is C21H19NO3. The molecular weight excluding hydrogens is 314 g/mol. The van der Waals surface area contributed by atoms with Gasteiger partial charge in [-0.2, -0.15) is 0 Å². The fourth-order valence-corrected chi connectivity index (χ4v) is 2.69. The van der Waals surface area contributed by atoms with Crippen molar-refractivity contribution in [2.45, 2.75) is 20.8 Å². The lowest BCUT2D eigenvalue weighted by Crippen LogP contribution is -2.23. The van der Waals surface area contributed by atoms with Gasteiger partial charge in [-0.25, -0.2) is 0 Å². The van der Waals surface area contributed by atoms with Gasteiger partial charge in [-0.15, -0.1) is 0 Å². The Morgan fingerprint density at radius 2 is 1.68 bits per heavy atom. The summed E-state index contributed by atoms with van der Waals surface area (Å²) in [6.45, 7) is 5.60. The second-order valence-corrected chi connectivity index (χ2v) is 5.99. The Bertz CT molecular complexity index is 988. The molecule has 0 saturated carbocycles. The highest BCUT2D eigenvalue weighted by atomic mass is 16.3. The lowest BCUT2D eigenvalue weighted by molar-refractivity contribution is 0.102. The third kappa shape index (κ3) is 3.38. The molecule has 1 N–H and O–H groups in total. The maximum absolute atomic E-state index is 12.8. The summed E-state index contributed by atoms with van der Waals surface area (Å²) < 4.78 is 5.73. The fourth-order valence-electron chi connectivity index (χ4n) is 2.69. The van der Waals surface area contributed by atoms with Crippen LogP contribution in [0.25, 0.3) is 11.3 Å². The molecule has 3 rings (SSSR count). The third-order valence-electron chi connectivity index (χ3n) is 4.19. The normalized spacial score (nSPS) is 10.5. The minimum atomic E-state index is -0.471. The summed E-state index contributed by atoms with van der Waals surface area (Å²) in [4.78, 5) is 25.3. The van der Waals surface area contributed by atoms with Crippen LogP contribution in [0.3, 0.4) is 0 Å². The summed E-state index contributed by atoms with van der Waals surface area (Å²) in [6.07, 6.45) is 0. The monoisotopic (exact) mass is 333 g/mol. The fraction of sp³-hybridized carbons (Fsp3) is 0.143. The van der Waals surface area contributed by atoms with Crippen molar-refractivity contribution in [1.82, 2.24) is 0 Å². The Hall–Kier alpha value is -3.14. The van der Waals surface area contributed by atoms with Crippen LogP contribution in [0.5, 0.6) is 0 Å². The van der Waals surface area contributed by atoms with Crippen LogP contribution in [-0.2, 0) is 0 Å². The summed E-state index contributed by atoms with van der Waals surface area (Å²) in [6, 6.07) is 16.2. The van der Waals surface area contributed by atoms with Gasteiger partial charge in [0.25, 0.3) is 5.91 Å². The minimum absolute atomic E-state index is 0.0118. The van der Waals surface area contributed by atoms with Crippen LogP contribution < -0.4 is 10.7 Å². The Morgan fingerprint density at radius 1 is 0.960 bits per heavy atom. The number of nitrogens with one attached hydrogen (secondary N) is 1. The number of rotatable bonds is 3. The van der Waals surface area contributed by atoms with Gasteiger partial charge in [0.05, 0.1) is 0 Å². The van der Waals surface area contributed by atoms with Gasteiger partial charge in [0.15, 0.2) is 11.2 Å². The van der Waals surface area contributed by atoms with Gasteiger partial charge in [0.2, 0.25) is 0 Å². The lowest BCUT2D eigenvalue weighted by atomic mass is 10.0. The second kappa shape index (κ2) is 6.77. The first kappa shape index (κ1) is 16.7. The molecule has 4 heteroatoms. The first-order valence-corrected chi connectivity index (χ1v) is 8.05. The van der Waals surface area contributed by atoms with Crippen molar-refractivity contribution in [2.75, 3.05) is 5.32 Å². The Kier molecular flexibility index (Phi) is 4.52. The first-order chi connectivity index (χ1) is 12.0.